The maximum Gasteiger partial charge on any atom is 0.182 e. The zero-order chi connectivity index (χ0) is 13.3. The quantitative estimate of drug-likeness (QED) is 0.784. The predicted octanol–water partition coefficient (Wildman–Crippen LogP) is -0.310. The van der Waals surface area contributed by atoms with Crippen LogP contribution >= 0.6 is 0 Å². The van der Waals surface area contributed by atoms with Gasteiger partial charge >= 0.3 is 0 Å². The molecule has 0 aliphatic carbocycles. The molecule has 3 N–H and O–H groups in total. The van der Waals surface area contributed by atoms with E-state index in [1.807, 2.05) is 0 Å². The van der Waals surface area contributed by atoms with Crippen LogP contribution < -0.4 is 11.1 Å². The third-order valence-corrected chi connectivity index (χ3v) is 3.40. The van der Waals surface area contributed by atoms with Crippen LogP contribution in [-0.4, -0.2) is 41.7 Å². The van der Waals surface area contributed by atoms with Gasteiger partial charge in [-0.2, -0.15) is 9.78 Å². The molecule has 0 aromatic carbocycles. The Balaban J connectivity index is 2.70. The van der Waals surface area contributed by atoms with Crippen LogP contribution in [0.2, 0.25) is 0 Å². The molecule has 8 nitrogen and oxygen atoms in total. The lowest BCUT2D eigenvalue weighted by molar-refractivity contribution is 0.602. The average molecular weight is 268 g/mol. The third kappa shape index (κ3) is 1.99. The number of rotatable bonds is 3. The van der Waals surface area contributed by atoms with E-state index in [0.29, 0.717) is 5.82 Å². The molecule has 0 saturated heterocycles. The summed E-state index contributed by atoms with van der Waals surface area (Å²) >= 11 is 0. The van der Waals surface area contributed by atoms with E-state index in [1.165, 1.54) is 10.9 Å². The van der Waals surface area contributed by atoms with Crippen LogP contribution in [0, 0.1) is 0 Å². The first-order valence-electron chi connectivity index (χ1n) is 4.99. The molecule has 0 amide bonds. The van der Waals surface area contributed by atoms with Crippen LogP contribution in [0.5, 0.6) is 0 Å². The van der Waals surface area contributed by atoms with Gasteiger partial charge in [-0.05, 0) is 12.1 Å². The molecule has 0 aliphatic heterocycles. The van der Waals surface area contributed by atoms with Crippen LogP contribution in [-0.2, 0) is 9.84 Å². The Morgan fingerprint density at radius 3 is 2.61 bits per heavy atom. The smallest absolute Gasteiger partial charge is 0.182 e. The van der Waals surface area contributed by atoms with Gasteiger partial charge in [0.25, 0.3) is 0 Å². The number of nitrogens with two attached hydrogens (primary N) is 1. The Labute approximate surface area is 104 Å². The summed E-state index contributed by atoms with van der Waals surface area (Å²) < 4.78 is 24.6. The second kappa shape index (κ2) is 4.26. The lowest BCUT2D eigenvalue weighted by Crippen LogP contribution is -2.07. The number of sulfone groups is 1. The maximum absolute atomic E-state index is 11.7. The van der Waals surface area contributed by atoms with Gasteiger partial charge in [0.2, 0.25) is 0 Å². The summed E-state index contributed by atoms with van der Waals surface area (Å²) in [7, 11) is -1.92. The second-order valence-electron chi connectivity index (χ2n) is 3.58. The van der Waals surface area contributed by atoms with Gasteiger partial charge in [-0.3, -0.25) is 0 Å². The number of nitrogens with zero attached hydrogens (tertiary/aromatic N) is 4. The van der Waals surface area contributed by atoms with E-state index in [0.717, 1.165) is 6.26 Å². The van der Waals surface area contributed by atoms with Crippen LogP contribution in [0.25, 0.3) is 5.82 Å². The van der Waals surface area contributed by atoms with Crippen molar-refractivity contribution in [2.45, 2.75) is 4.90 Å². The summed E-state index contributed by atoms with van der Waals surface area (Å²) in [5.41, 5.74) is 5.81. The standard InChI is InChI=1S/C9H12N6O2S/c1-11-9-7(18(2,16)17)8(10)15(14-9)6-4-3-5-12-13-6/h3-5H,10H2,1-2H3,(H,11,14). The Morgan fingerprint density at radius 2 is 2.17 bits per heavy atom. The van der Waals surface area contributed by atoms with Gasteiger partial charge in [0, 0.05) is 19.5 Å². The van der Waals surface area contributed by atoms with E-state index >= 15 is 0 Å². The summed E-state index contributed by atoms with van der Waals surface area (Å²) in [4.78, 5) is -0.0457. The van der Waals surface area contributed by atoms with E-state index in [9.17, 15) is 8.42 Å². The van der Waals surface area contributed by atoms with Gasteiger partial charge in [0.1, 0.15) is 5.82 Å². The largest absolute Gasteiger partial charge is 0.382 e. The van der Waals surface area contributed by atoms with Gasteiger partial charge in [-0.15, -0.1) is 10.2 Å². The fourth-order valence-electron chi connectivity index (χ4n) is 1.53. The molecular weight excluding hydrogens is 256 g/mol. The number of nitrogens with one attached hydrogen (secondary N) is 1. The Hall–Kier alpha value is -2.16. The topological polar surface area (TPSA) is 116 Å². The van der Waals surface area contributed by atoms with Crippen LogP contribution in [0.4, 0.5) is 11.6 Å². The van der Waals surface area contributed by atoms with E-state index in [4.69, 9.17) is 5.73 Å². The van der Waals surface area contributed by atoms with Crippen molar-refractivity contribution in [2.75, 3.05) is 24.4 Å². The van der Waals surface area contributed by atoms with E-state index < -0.39 is 9.84 Å². The first-order chi connectivity index (χ1) is 8.45. The Kier molecular flexibility index (Phi) is 2.91. The fraction of sp³-hybridized carbons (Fsp3) is 0.222. The second-order valence-corrected chi connectivity index (χ2v) is 5.53. The average Bonchev–Trinajstić information content (AvgIpc) is 2.67. The highest BCUT2D eigenvalue weighted by Gasteiger charge is 2.24. The van der Waals surface area contributed by atoms with Crippen molar-refractivity contribution in [1.82, 2.24) is 20.0 Å². The summed E-state index contributed by atoms with van der Waals surface area (Å²) in [6.45, 7) is 0. The van der Waals surface area contributed by atoms with Crippen molar-refractivity contribution < 1.29 is 8.42 Å². The molecule has 18 heavy (non-hydrogen) atoms. The fourth-order valence-corrected chi connectivity index (χ4v) is 2.49. The summed E-state index contributed by atoms with van der Waals surface area (Å²) in [5.74, 6) is 0.532. The number of nitrogen functional groups attached to an aromatic ring is 1. The molecule has 0 atom stereocenters. The monoisotopic (exact) mass is 268 g/mol. The molecule has 0 spiro atoms. The first-order valence-corrected chi connectivity index (χ1v) is 6.88. The molecule has 96 valence electrons. The zero-order valence-corrected chi connectivity index (χ0v) is 10.6. The van der Waals surface area contributed by atoms with Crippen molar-refractivity contribution >= 4 is 21.5 Å². The van der Waals surface area contributed by atoms with E-state index in [1.54, 1.807) is 19.2 Å². The lowest BCUT2D eigenvalue weighted by atomic mass is 10.5. The van der Waals surface area contributed by atoms with Gasteiger partial charge in [0.15, 0.2) is 26.4 Å². The van der Waals surface area contributed by atoms with E-state index in [2.05, 4.69) is 20.6 Å². The molecule has 0 fully saturated rings. The molecule has 9 heteroatoms. The first kappa shape index (κ1) is 12.3. The number of aromatic nitrogens is 4. The van der Waals surface area contributed by atoms with Crippen molar-refractivity contribution in [3.8, 4) is 5.82 Å². The minimum absolute atomic E-state index is 0.00218. The van der Waals surface area contributed by atoms with Crippen molar-refractivity contribution in [2.24, 2.45) is 0 Å². The summed E-state index contributed by atoms with van der Waals surface area (Å²) in [5, 5.41) is 14.3. The van der Waals surface area contributed by atoms with Crippen LogP contribution in [0.15, 0.2) is 23.2 Å². The van der Waals surface area contributed by atoms with Crippen molar-refractivity contribution in [1.29, 1.82) is 0 Å². The molecule has 2 heterocycles. The van der Waals surface area contributed by atoms with Crippen LogP contribution in [0.1, 0.15) is 0 Å². The van der Waals surface area contributed by atoms with Crippen LogP contribution in [0.3, 0.4) is 0 Å². The summed E-state index contributed by atoms with van der Waals surface area (Å²) in [6.07, 6.45) is 2.57. The van der Waals surface area contributed by atoms with Gasteiger partial charge in [-0.25, -0.2) is 8.42 Å². The molecule has 2 aromatic heterocycles. The predicted molar refractivity (Wildman–Crippen MR) is 66.2 cm³/mol. The van der Waals surface area contributed by atoms with Gasteiger partial charge < -0.3 is 11.1 Å². The molecule has 0 saturated carbocycles. The number of anilines is 2. The Morgan fingerprint density at radius 1 is 1.44 bits per heavy atom. The normalized spacial score (nSPS) is 11.4. The van der Waals surface area contributed by atoms with Crippen molar-refractivity contribution in [3.63, 3.8) is 0 Å². The minimum atomic E-state index is -3.48. The van der Waals surface area contributed by atoms with E-state index in [-0.39, 0.29) is 16.5 Å². The summed E-state index contributed by atoms with van der Waals surface area (Å²) in [6, 6.07) is 3.28. The Bertz CT molecular complexity index is 664. The molecule has 2 rings (SSSR count). The maximum atomic E-state index is 11.7. The SMILES string of the molecule is CNc1nn(-c2cccnn2)c(N)c1S(C)(=O)=O. The molecule has 2 aromatic rings. The number of hydrogen-bond donors (Lipinski definition) is 2. The highest BCUT2D eigenvalue weighted by Crippen LogP contribution is 2.28. The van der Waals surface area contributed by atoms with Gasteiger partial charge in [0.05, 0.1) is 0 Å². The lowest BCUT2D eigenvalue weighted by Gasteiger charge is -2.01. The number of hydrogen-bond acceptors (Lipinski definition) is 7. The molecule has 0 bridgehead atoms. The zero-order valence-electron chi connectivity index (χ0n) is 9.82. The molecule has 0 aliphatic rings. The third-order valence-electron chi connectivity index (χ3n) is 2.26. The minimum Gasteiger partial charge on any atom is -0.382 e. The highest BCUT2D eigenvalue weighted by molar-refractivity contribution is 7.91. The van der Waals surface area contributed by atoms with Crippen molar-refractivity contribution in [3.05, 3.63) is 18.3 Å². The van der Waals surface area contributed by atoms with Gasteiger partial charge in [-0.1, -0.05) is 0 Å². The molecule has 0 radical (unpaired) electrons. The highest BCUT2D eigenvalue weighted by atomic mass is 32.2. The molecular formula is C9H12N6O2S. The molecule has 0 unspecified atom stereocenters.